The van der Waals surface area contributed by atoms with Crippen molar-refractivity contribution in [2.24, 2.45) is 5.73 Å². The van der Waals surface area contributed by atoms with Crippen molar-refractivity contribution in [1.29, 1.82) is 0 Å². The molecule has 17 heavy (non-hydrogen) atoms. The van der Waals surface area contributed by atoms with Crippen LogP contribution in [-0.2, 0) is 9.53 Å². The Labute approximate surface area is 105 Å². The molecule has 0 aliphatic heterocycles. The van der Waals surface area contributed by atoms with E-state index in [0.717, 1.165) is 0 Å². The van der Waals surface area contributed by atoms with E-state index >= 15 is 0 Å². The zero-order valence-electron chi connectivity index (χ0n) is 9.57. The summed E-state index contributed by atoms with van der Waals surface area (Å²) < 4.78 is 17.6. The number of hydrogen-bond acceptors (Lipinski definition) is 4. The number of aryl methyl sites for hydroxylation is 1. The van der Waals surface area contributed by atoms with Crippen molar-refractivity contribution in [3.05, 3.63) is 29.1 Å². The minimum Gasteiger partial charge on any atom is -0.505 e. The fourth-order valence-corrected chi connectivity index (χ4v) is 1.42. The molecule has 0 unspecified atom stereocenters. The van der Waals surface area contributed by atoms with Crippen LogP contribution in [0.1, 0.15) is 23.6 Å². The minimum atomic E-state index is -0.776. The van der Waals surface area contributed by atoms with Crippen molar-refractivity contribution in [3.63, 3.8) is 0 Å². The molecule has 0 saturated carbocycles. The number of halogens is 2. The molecule has 0 aromatic heterocycles. The van der Waals surface area contributed by atoms with Gasteiger partial charge >= 0.3 is 5.97 Å². The van der Waals surface area contributed by atoms with Gasteiger partial charge in [-0.3, -0.25) is 4.79 Å². The number of phenolic OH excluding ortho intramolecular Hbond substituents is 1. The summed E-state index contributed by atoms with van der Waals surface area (Å²) in [6, 6.07) is 1.97. The summed E-state index contributed by atoms with van der Waals surface area (Å²) in [6.07, 6.45) is -0.104. The van der Waals surface area contributed by atoms with E-state index in [9.17, 15) is 14.3 Å². The highest BCUT2D eigenvalue weighted by Crippen LogP contribution is 2.28. The first-order valence-corrected chi connectivity index (χ1v) is 4.77. The maximum atomic E-state index is 13.2. The lowest BCUT2D eigenvalue weighted by atomic mass is 10.0. The predicted octanol–water partition coefficient (Wildman–Crippen LogP) is 1.82. The van der Waals surface area contributed by atoms with Crippen molar-refractivity contribution >= 4 is 18.4 Å². The Kier molecular flexibility index (Phi) is 5.91. The lowest BCUT2D eigenvalue weighted by Crippen LogP contribution is -2.17. The Morgan fingerprint density at radius 1 is 1.59 bits per heavy atom. The second kappa shape index (κ2) is 6.42. The van der Waals surface area contributed by atoms with Crippen LogP contribution in [0.3, 0.4) is 0 Å². The molecule has 3 N–H and O–H groups in total. The second-order valence-electron chi connectivity index (χ2n) is 3.57. The second-order valence-corrected chi connectivity index (χ2v) is 3.57. The van der Waals surface area contributed by atoms with Gasteiger partial charge in [-0.15, -0.1) is 12.4 Å². The topological polar surface area (TPSA) is 72.5 Å². The Hall–Kier alpha value is -1.33. The Balaban J connectivity index is 0.00000256. The number of methoxy groups -OCH3 is 1. The minimum absolute atomic E-state index is 0. The zero-order valence-corrected chi connectivity index (χ0v) is 10.4. The van der Waals surface area contributed by atoms with E-state index in [0.29, 0.717) is 5.56 Å². The first-order chi connectivity index (χ1) is 7.45. The maximum absolute atomic E-state index is 13.2. The lowest BCUT2D eigenvalue weighted by molar-refractivity contribution is -0.141. The van der Waals surface area contributed by atoms with E-state index in [-0.39, 0.29) is 24.4 Å². The third-order valence-electron chi connectivity index (χ3n) is 2.25. The van der Waals surface area contributed by atoms with Gasteiger partial charge in [0, 0.05) is 11.6 Å². The SMILES string of the molecule is COC(=O)C[C@H](N)c1cc(C)cc(F)c1O.Cl. The third kappa shape index (κ3) is 3.87. The number of rotatable bonds is 3. The van der Waals surface area contributed by atoms with Gasteiger partial charge in [0.2, 0.25) is 0 Å². The van der Waals surface area contributed by atoms with Gasteiger partial charge in [-0.2, -0.15) is 0 Å². The van der Waals surface area contributed by atoms with Crippen LogP contribution >= 0.6 is 12.4 Å². The van der Waals surface area contributed by atoms with Gasteiger partial charge in [-0.05, 0) is 18.6 Å². The van der Waals surface area contributed by atoms with Gasteiger partial charge in [0.25, 0.3) is 0 Å². The number of hydrogen-bond donors (Lipinski definition) is 2. The fourth-order valence-electron chi connectivity index (χ4n) is 1.42. The molecule has 6 heteroatoms. The molecule has 0 bridgehead atoms. The number of aromatic hydroxyl groups is 1. The summed E-state index contributed by atoms with van der Waals surface area (Å²) in [5.74, 6) is -1.76. The molecule has 96 valence electrons. The van der Waals surface area contributed by atoms with Crippen molar-refractivity contribution < 1.29 is 19.0 Å². The van der Waals surface area contributed by atoms with Crippen LogP contribution in [0.25, 0.3) is 0 Å². The fraction of sp³-hybridized carbons (Fsp3) is 0.364. The van der Waals surface area contributed by atoms with Crippen LogP contribution < -0.4 is 5.73 Å². The Bertz CT molecular complexity index is 412. The summed E-state index contributed by atoms with van der Waals surface area (Å²) >= 11 is 0. The van der Waals surface area contributed by atoms with Crippen LogP contribution in [0.4, 0.5) is 4.39 Å². The zero-order chi connectivity index (χ0) is 12.3. The molecular formula is C11H15ClFNO3. The molecule has 0 aliphatic rings. The normalized spacial score (nSPS) is 11.5. The van der Waals surface area contributed by atoms with Crippen LogP contribution in [-0.4, -0.2) is 18.2 Å². The summed E-state index contributed by atoms with van der Waals surface area (Å²) in [5.41, 5.74) is 6.52. The number of carbonyl (C=O) groups is 1. The Morgan fingerprint density at radius 2 is 2.18 bits per heavy atom. The van der Waals surface area contributed by atoms with Gasteiger partial charge < -0.3 is 15.6 Å². The lowest BCUT2D eigenvalue weighted by Gasteiger charge is -2.13. The molecular weight excluding hydrogens is 249 g/mol. The molecule has 1 atom stereocenters. The number of phenols is 1. The van der Waals surface area contributed by atoms with Gasteiger partial charge in [0.1, 0.15) is 0 Å². The molecule has 0 aliphatic carbocycles. The van der Waals surface area contributed by atoms with Gasteiger partial charge in [-0.25, -0.2) is 4.39 Å². The summed E-state index contributed by atoms with van der Waals surface area (Å²) in [4.78, 5) is 11.0. The summed E-state index contributed by atoms with van der Waals surface area (Å²) in [7, 11) is 1.24. The molecule has 0 radical (unpaired) electrons. The van der Waals surface area contributed by atoms with E-state index in [1.807, 2.05) is 0 Å². The highest BCUT2D eigenvalue weighted by atomic mass is 35.5. The van der Waals surface area contributed by atoms with Gasteiger partial charge in [0.05, 0.1) is 13.5 Å². The highest BCUT2D eigenvalue weighted by Gasteiger charge is 2.18. The maximum Gasteiger partial charge on any atom is 0.307 e. The van der Waals surface area contributed by atoms with Crippen LogP contribution in [0, 0.1) is 12.7 Å². The first-order valence-electron chi connectivity index (χ1n) is 4.77. The molecule has 0 spiro atoms. The van der Waals surface area contributed by atoms with E-state index < -0.39 is 23.6 Å². The van der Waals surface area contributed by atoms with Crippen molar-refractivity contribution in [2.75, 3.05) is 7.11 Å². The quantitative estimate of drug-likeness (QED) is 0.816. The number of ether oxygens (including phenoxy) is 1. The van der Waals surface area contributed by atoms with Gasteiger partial charge in [0.15, 0.2) is 11.6 Å². The number of esters is 1. The average molecular weight is 264 g/mol. The molecule has 0 saturated heterocycles. The molecule has 0 amide bonds. The molecule has 4 nitrogen and oxygen atoms in total. The van der Waals surface area contributed by atoms with Crippen LogP contribution in [0.5, 0.6) is 5.75 Å². The molecule has 1 aromatic carbocycles. The molecule has 0 fully saturated rings. The first kappa shape index (κ1) is 15.7. The monoisotopic (exact) mass is 263 g/mol. The average Bonchev–Trinajstić information content (AvgIpc) is 2.22. The number of nitrogens with two attached hydrogens (primary N) is 1. The van der Waals surface area contributed by atoms with Gasteiger partial charge in [-0.1, -0.05) is 6.07 Å². The Morgan fingerprint density at radius 3 is 2.71 bits per heavy atom. The van der Waals surface area contributed by atoms with Crippen LogP contribution in [0.15, 0.2) is 12.1 Å². The number of carbonyl (C=O) groups excluding carboxylic acids is 1. The predicted molar refractivity (Wildman–Crippen MR) is 63.6 cm³/mol. The summed E-state index contributed by atoms with van der Waals surface area (Å²) in [6.45, 7) is 1.68. The van der Waals surface area contributed by atoms with Crippen molar-refractivity contribution in [3.8, 4) is 5.75 Å². The smallest absolute Gasteiger partial charge is 0.307 e. The van der Waals surface area contributed by atoms with Crippen molar-refractivity contribution in [2.45, 2.75) is 19.4 Å². The molecule has 1 aromatic rings. The molecule has 1 rings (SSSR count). The van der Waals surface area contributed by atoms with Crippen LogP contribution in [0.2, 0.25) is 0 Å². The van der Waals surface area contributed by atoms with E-state index in [2.05, 4.69) is 4.74 Å². The third-order valence-corrected chi connectivity index (χ3v) is 2.25. The van der Waals surface area contributed by atoms with Crippen molar-refractivity contribution in [1.82, 2.24) is 0 Å². The standard InChI is InChI=1S/C11H14FNO3.ClH/c1-6-3-7(11(15)8(12)4-6)9(13)5-10(14)16-2;/h3-4,9,15H,5,13H2,1-2H3;1H/t9-;/m0./s1. The summed E-state index contributed by atoms with van der Waals surface area (Å²) in [5, 5.41) is 9.47. The number of benzene rings is 1. The highest BCUT2D eigenvalue weighted by molar-refractivity contribution is 5.85. The molecule has 0 heterocycles. The van der Waals surface area contributed by atoms with E-state index in [4.69, 9.17) is 5.73 Å². The van der Waals surface area contributed by atoms with E-state index in [1.165, 1.54) is 13.2 Å². The largest absolute Gasteiger partial charge is 0.505 e. The van der Waals surface area contributed by atoms with E-state index in [1.54, 1.807) is 13.0 Å².